The number of anilines is 2. The average molecular weight is 443 g/mol. The van der Waals surface area contributed by atoms with E-state index in [1.165, 1.54) is 6.20 Å². The maximum Gasteiger partial charge on any atom is 0.410 e. The van der Waals surface area contributed by atoms with Crippen LogP contribution in [0, 0.1) is 11.1 Å². The molecule has 1 fully saturated rings. The Morgan fingerprint density at radius 1 is 1.34 bits per heavy atom. The van der Waals surface area contributed by atoms with Crippen molar-refractivity contribution in [2.24, 2.45) is 5.92 Å². The van der Waals surface area contributed by atoms with Crippen molar-refractivity contribution >= 4 is 17.7 Å². The molecule has 0 aliphatic carbocycles. The monoisotopic (exact) mass is 442 g/mol. The molecule has 1 amide bonds. The van der Waals surface area contributed by atoms with Gasteiger partial charge >= 0.3 is 6.09 Å². The molecule has 1 saturated heterocycles. The van der Waals surface area contributed by atoms with Crippen LogP contribution in [-0.4, -0.2) is 59.8 Å². The lowest BCUT2D eigenvalue weighted by atomic mass is 9.96. The zero-order valence-corrected chi connectivity index (χ0v) is 19.5. The number of carbonyl (C=O) groups excluding carboxylic acids is 1. The predicted octanol–water partition coefficient (Wildman–Crippen LogP) is 2.85. The van der Waals surface area contributed by atoms with E-state index in [1.807, 2.05) is 40.0 Å². The van der Waals surface area contributed by atoms with Gasteiger partial charge in [0.15, 0.2) is 12.4 Å². The maximum absolute atomic E-state index is 12.2. The molecule has 0 atom stereocenters. The molecule has 0 unspecified atom stereocenters. The third-order valence-electron chi connectivity index (χ3n) is 5.40. The van der Waals surface area contributed by atoms with Gasteiger partial charge in [-0.2, -0.15) is 4.73 Å². The minimum Gasteiger partial charge on any atom is -0.619 e. The summed E-state index contributed by atoms with van der Waals surface area (Å²) >= 11 is 0. The molecule has 3 rings (SSSR count). The van der Waals surface area contributed by atoms with Crippen LogP contribution in [0.2, 0.25) is 0 Å². The molecule has 32 heavy (non-hydrogen) atoms. The van der Waals surface area contributed by atoms with E-state index in [4.69, 9.17) is 4.74 Å². The summed E-state index contributed by atoms with van der Waals surface area (Å²) in [6.07, 6.45) is 7.01. The SMILES string of the molecule is CN(CC1CCN(C(=O)OC(C)(C)C)CC1)c1cc(NCCc2ccc[n+]([O-])c2)ncn1. The highest BCUT2D eigenvalue weighted by atomic mass is 16.6. The normalized spacial score (nSPS) is 14.8. The van der Waals surface area contributed by atoms with Crippen LogP contribution in [0.3, 0.4) is 0 Å². The molecule has 2 aromatic rings. The lowest BCUT2D eigenvalue weighted by Gasteiger charge is -2.35. The zero-order valence-electron chi connectivity index (χ0n) is 19.5. The molecule has 174 valence electrons. The second-order valence-corrected chi connectivity index (χ2v) is 9.30. The highest BCUT2D eigenvalue weighted by molar-refractivity contribution is 5.68. The number of amides is 1. The summed E-state index contributed by atoms with van der Waals surface area (Å²) in [7, 11) is 2.03. The number of rotatable bonds is 7. The van der Waals surface area contributed by atoms with Crippen LogP contribution < -0.4 is 14.9 Å². The van der Waals surface area contributed by atoms with Crippen molar-refractivity contribution in [3.63, 3.8) is 0 Å². The third-order valence-corrected chi connectivity index (χ3v) is 5.40. The van der Waals surface area contributed by atoms with Crippen molar-refractivity contribution < 1.29 is 14.3 Å². The van der Waals surface area contributed by atoms with E-state index in [0.717, 1.165) is 47.7 Å². The summed E-state index contributed by atoms with van der Waals surface area (Å²) in [5.41, 5.74) is 0.505. The van der Waals surface area contributed by atoms with Gasteiger partial charge in [-0.05, 0) is 52.0 Å². The number of hydrogen-bond donors (Lipinski definition) is 1. The van der Waals surface area contributed by atoms with Crippen LogP contribution in [0.5, 0.6) is 0 Å². The lowest BCUT2D eigenvalue weighted by Crippen LogP contribution is -2.43. The second kappa shape index (κ2) is 10.5. The van der Waals surface area contributed by atoms with Crippen LogP contribution in [-0.2, 0) is 11.2 Å². The quantitative estimate of drug-likeness (QED) is 0.520. The first-order chi connectivity index (χ1) is 15.2. The molecule has 0 saturated carbocycles. The smallest absolute Gasteiger partial charge is 0.410 e. The number of likely N-dealkylation sites (tertiary alicyclic amines) is 1. The molecular weight excluding hydrogens is 408 g/mol. The lowest BCUT2D eigenvalue weighted by molar-refractivity contribution is -0.605. The van der Waals surface area contributed by atoms with E-state index >= 15 is 0 Å². The first-order valence-corrected chi connectivity index (χ1v) is 11.1. The topological polar surface area (TPSA) is 97.5 Å². The van der Waals surface area contributed by atoms with Crippen molar-refractivity contribution in [2.75, 3.05) is 43.4 Å². The first-order valence-electron chi connectivity index (χ1n) is 11.1. The van der Waals surface area contributed by atoms with E-state index < -0.39 is 5.60 Å². The highest BCUT2D eigenvalue weighted by Crippen LogP contribution is 2.22. The molecule has 1 aliphatic heterocycles. The summed E-state index contributed by atoms with van der Waals surface area (Å²) in [6, 6.07) is 5.62. The van der Waals surface area contributed by atoms with Gasteiger partial charge in [0, 0.05) is 50.9 Å². The van der Waals surface area contributed by atoms with Crippen LogP contribution in [0.1, 0.15) is 39.2 Å². The number of nitrogens with zero attached hydrogens (tertiary/aromatic N) is 5. The molecule has 2 aromatic heterocycles. The summed E-state index contributed by atoms with van der Waals surface area (Å²) in [5, 5.41) is 14.7. The van der Waals surface area contributed by atoms with Crippen LogP contribution in [0.25, 0.3) is 0 Å². The zero-order chi connectivity index (χ0) is 23.1. The Morgan fingerprint density at radius 2 is 2.09 bits per heavy atom. The van der Waals surface area contributed by atoms with Crippen LogP contribution >= 0.6 is 0 Å². The number of aromatic nitrogens is 3. The van der Waals surface area contributed by atoms with Gasteiger partial charge in [0.05, 0.1) is 0 Å². The minimum absolute atomic E-state index is 0.226. The van der Waals surface area contributed by atoms with Gasteiger partial charge in [0.2, 0.25) is 0 Å². The van der Waals surface area contributed by atoms with Gasteiger partial charge in [0.1, 0.15) is 23.6 Å². The van der Waals surface area contributed by atoms with Gasteiger partial charge in [-0.15, -0.1) is 0 Å². The predicted molar refractivity (Wildman–Crippen MR) is 123 cm³/mol. The number of nitrogens with one attached hydrogen (secondary N) is 1. The molecule has 0 radical (unpaired) electrons. The molecule has 0 bridgehead atoms. The van der Waals surface area contributed by atoms with Crippen molar-refractivity contribution in [1.29, 1.82) is 0 Å². The van der Waals surface area contributed by atoms with Crippen molar-refractivity contribution in [3.8, 4) is 0 Å². The fourth-order valence-electron chi connectivity index (χ4n) is 3.74. The number of hydrogen-bond acceptors (Lipinski definition) is 7. The summed E-state index contributed by atoms with van der Waals surface area (Å²) in [5.74, 6) is 2.10. The summed E-state index contributed by atoms with van der Waals surface area (Å²) < 4.78 is 6.29. The Hall–Kier alpha value is -3.10. The van der Waals surface area contributed by atoms with E-state index in [1.54, 1.807) is 23.5 Å². The fraction of sp³-hybridized carbons (Fsp3) is 0.565. The second-order valence-electron chi connectivity index (χ2n) is 9.30. The van der Waals surface area contributed by atoms with Gasteiger partial charge in [0.25, 0.3) is 0 Å². The van der Waals surface area contributed by atoms with Crippen molar-refractivity contribution in [1.82, 2.24) is 14.9 Å². The fourth-order valence-corrected chi connectivity index (χ4v) is 3.74. The van der Waals surface area contributed by atoms with Crippen molar-refractivity contribution in [3.05, 3.63) is 47.7 Å². The number of ether oxygens (including phenoxy) is 1. The van der Waals surface area contributed by atoms with Crippen LogP contribution in [0.15, 0.2) is 36.9 Å². The van der Waals surface area contributed by atoms with Gasteiger partial charge < -0.3 is 25.1 Å². The highest BCUT2D eigenvalue weighted by Gasteiger charge is 2.27. The Morgan fingerprint density at radius 3 is 2.78 bits per heavy atom. The van der Waals surface area contributed by atoms with E-state index in [9.17, 15) is 10.0 Å². The number of pyridine rings is 1. The molecule has 1 aliphatic rings. The van der Waals surface area contributed by atoms with Gasteiger partial charge in [-0.3, -0.25) is 0 Å². The largest absolute Gasteiger partial charge is 0.619 e. The molecular formula is C23H34N6O3. The molecule has 0 spiro atoms. The Labute approximate surface area is 190 Å². The van der Waals surface area contributed by atoms with Crippen LogP contribution in [0.4, 0.5) is 16.4 Å². The molecule has 9 heteroatoms. The van der Waals surface area contributed by atoms with Gasteiger partial charge in [-0.25, -0.2) is 14.8 Å². The number of piperidine rings is 1. The Bertz CT molecular complexity index is 893. The van der Waals surface area contributed by atoms with E-state index in [2.05, 4.69) is 20.2 Å². The Balaban J connectivity index is 1.45. The third kappa shape index (κ3) is 7.25. The van der Waals surface area contributed by atoms with E-state index in [0.29, 0.717) is 25.6 Å². The molecule has 1 N–H and O–H groups in total. The van der Waals surface area contributed by atoms with E-state index in [-0.39, 0.29) is 6.09 Å². The maximum atomic E-state index is 12.2. The summed E-state index contributed by atoms with van der Waals surface area (Å²) in [6.45, 7) is 8.64. The Kier molecular flexibility index (Phi) is 7.71. The molecule has 9 nitrogen and oxygen atoms in total. The first kappa shape index (κ1) is 23.6. The van der Waals surface area contributed by atoms with Crippen molar-refractivity contribution in [2.45, 2.75) is 45.6 Å². The standard InChI is InChI=1S/C23H34N6O3/c1-23(2,3)32-22(30)28-12-8-19(9-13-28)15-27(4)21-14-20(25-17-26-21)24-10-7-18-6-5-11-29(31)16-18/h5-6,11,14,16-17,19H,7-10,12-13,15H2,1-4H3,(H,24,25,26). The summed E-state index contributed by atoms with van der Waals surface area (Å²) in [4.78, 5) is 24.9. The minimum atomic E-state index is -0.466. The number of carbonyl (C=O) groups is 1. The van der Waals surface area contributed by atoms with Gasteiger partial charge in [-0.1, -0.05) is 0 Å². The molecule has 3 heterocycles. The molecule has 0 aromatic carbocycles. The average Bonchev–Trinajstić information content (AvgIpc) is 2.73.